The molecule has 6 nitrogen and oxygen atoms in total. The quantitative estimate of drug-likeness (QED) is 0.0340. The van der Waals surface area contributed by atoms with Crippen LogP contribution in [0.3, 0.4) is 0 Å². The molecule has 0 aliphatic heterocycles. The highest BCUT2D eigenvalue weighted by atomic mass is 16.5. The van der Waals surface area contributed by atoms with Crippen LogP contribution >= 0.6 is 0 Å². The van der Waals surface area contributed by atoms with Crippen molar-refractivity contribution >= 4 is 11.9 Å². The predicted octanol–water partition coefficient (Wildman–Crippen LogP) is 11.8. The first kappa shape index (κ1) is 47.6. The van der Waals surface area contributed by atoms with Crippen molar-refractivity contribution in [1.29, 1.82) is 0 Å². The van der Waals surface area contributed by atoms with E-state index >= 15 is 0 Å². The van der Waals surface area contributed by atoms with E-state index in [1.165, 1.54) is 116 Å². The van der Waals surface area contributed by atoms with Gasteiger partial charge in [0.25, 0.3) is 0 Å². The van der Waals surface area contributed by atoms with Crippen molar-refractivity contribution in [2.75, 3.05) is 6.61 Å². The molecule has 3 unspecified atom stereocenters. The lowest BCUT2D eigenvalue weighted by atomic mass is 10.0. The molecule has 3 atom stereocenters. The van der Waals surface area contributed by atoms with Crippen molar-refractivity contribution in [3.63, 3.8) is 0 Å². The normalized spacial score (nSPS) is 13.5. The van der Waals surface area contributed by atoms with Crippen molar-refractivity contribution < 1.29 is 24.5 Å². The van der Waals surface area contributed by atoms with Crippen LogP contribution in [0, 0.1) is 0 Å². The van der Waals surface area contributed by atoms with Crippen LogP contribution in [0.1, 0.15) is 226 Å². The Hall–Kier alpha value is -1.40. The van der Waals surface area contributed by atoms with Gasteiger partial charge >= 0.3 is 5.97 Å². The van der Waals surface area contributed by atoms with Crippen LogP contribution in [0.15, 0.2) is 12.2 Å². The fraction of sp³-hybridized carbons (Fsp3) is 0.907. The van der Waals surface area contributed by atoms with Gasteiger partial charge in [-0.15, -0.1) is 0 Å². The molecule has 0 radical (unpaired) electrons. The third kappa shape index (κ3) is 33.5. The van der Waals surface area contributed by atoms with Crippen LogP contribution in [0.4, 0.5) is 0 Å². The zero-order chi connectivity index (χ0) is 36.0. The summed E-state index contributed by atoms with van der Waals surface area (Å²) in [6.07, 6.45) is 38.4. The maximum absolute atomic E-state index is 13.0. The first-order valence-corrected chi connectivity index (χ1v) is 21.4. The second-order valence-corrected chi connectivity index (χ2v) is 14.7. The molecule has 0 aromatic heterocycles. The van der Waals surface area contributed by atoms with Crippen LogP contribution in [-0.4, -0.2) is 46.9 Å². The van der Waals surface area contributed by atoms with Gasteiger partial charge in [0.15, 0.2) is 0 Å². The molecule has 1 amide bonds. The van der Waals surface area contributed by atoms with E-state index in [0.29, 0.717) is 19.3 Å². The number of hydrogen-bond donors (Lipinski definition) is 3. The van der Waals surface area contributed by atoms with E-state index in [0.717, 1.165) is 64.2 Å². The first-order chi connectivity index (χ1) is 24.0. The van der Waals surface area contributed by atoms with Gasteiger partial charge < -0.3 is 20.3 Å². The molecule has 0 bridgehead atoms. The van der Waals surface area contributed by atoms with E-state index < -0.39 is 18.2 Å². The summed E-state index contributed by atoms with van der Waals surface area (Å²) >= 11 is 0. The highest BCUT2D eigenvalue weighted by Gasteiger charge is 2.24. The molecule has 49 heavy (non-hydrogen) atoms. The molecular weight excluding hydrogens is 610 g/mol. The molecule has 0 rings (SSSR count). The van der Waals surface area contributed by atoms with Crippen molar-refractivity contribution in [3.05, 3.63) is 12.2 Å². The number of allylic oxidation sites excluding steroid dienone is 2. The van der Waals surface area contributed by atoms with Gasteiger partial charge in [0.1, 0.15) is 6.10 Å². The summed E-state index contributed by atoms with van der Waals surface area (Å²) in [4.78, 5) is 25.8. The zero-order valence-electron chi connectivity index (χ0n) is 32.8. The Morgan fingerprint density at radius 3 is 1.51 bits per heavy atom. The Morgan fingerprint density at radius 1 is 0.571 bits per heavy atom. The number of esters is 1. The van der Waals surface area contributed by atoms with E-state index in [1.54, 1.807) is 0 Å². The molecule has 0 saturated heterocycles. The van der Waals surface area contributed by atoms with Crippen molar-refractivity contribution in [3.8, 4) is 0 Å². The molecule has 0 aliphatic carbocycles. The summed E-state index contributed by atoms with van der Waals surface area (Å²) in [7, 11) is 0. The minimum Gasteiger partial charge on any atom is -0.462 e. The Morgan fingerprint density at radius 2 is 1.00 bits per heavy atom. The fourth-order valence-electron chi connectivity index (χ4n) is 6.53. The Labute approximate surface area is 304 Å². The number of hydrogen-bond acceptors (Lipinski definition) is 5. The maximum Gasteiger partial charge on any atom is 0.306 e. The average molecular weight is 694 g/mol. The minimum atomic E-state index is -0.782. The van der Waals surface area contributed by atoms with Gasteiger partial charge in [-0.25, -0.2) is 0 Å². The molecule has 0 aromatic carbocycles. The Balaban J connectivity index is 4.55. The summed E-state index contributed by atoms with van der Waals surface area (Å²) in [5.74, 6) is -0.487. The van der Waals surface area contributed by atoms with Crippen molar-refractivity contribution in [2.45, 2.75) is 244 Å². The number of aliphatic hydroxyl groups is 2. The molecule has 0 heterocycles. The lowest BCUT2D eigenvalue weighted by Gasteiger charge is -2.24. The van der Waals surface area contributed by atoms with E-state index in [2.05, 4.69) is 38.2 Å². The van der Waals surface area contributed by atoms with Gasteiger partial charge in [-0.05, 0) is 44.9 Å². The van der Waals surface area contributed by atoms with Gasteiger partial charge in [0.2, 0.25) is 5.91 Å². The number of aliphatic hydroxyl groups excluding tert-OH is 2. The lowest BCUT2D eigenvalue weighted by molar-refractivity contribution is -0.151. The highest BCUT2D eigenvalue weighted by molar-refractivity contribution is 5.77. The Bertz CT molecular complexity index is 742. The predicted molar refractivity (Wildman–Crippen MR) is 209 cm³/mol. The van der Waals surface area contributed by atoms with Gasteiger partial charge in [-0.1, -0.05) is 181 Å². The SMILES string of the molecule is CCCC/C=C\CCCCCC(CC(=O)NC(CO)C(O)CCCCCCCCCCCCC)OC(=O)CCCCCCCCCCCC. The average Bonchev–Trinajstić information content (AvgIpc) is 3.09. The molecule has 0 aliphatic rings. The molecule has 0 spiro atoms. The van der Waals surface area contributed by atoms with Gasteiger partial charge in [0.05, 0.1) is 25.2 Å². The topological polar surface area (TPSA) is 95.9 Å². The molecular formula is C43H83NO5. The molecule has 6 heteroatoms. The monoisotopic (exact) mass is 694 g/mol. The van der Waals surface area contributed by atoms with Gasteiger partial charge in [0, 0.05) is 6.42 Å². The van der Waals surface area contributed by atoms with Crippen LogP contribution in [0.5, 0.6) is 0 Å². The second kappa shape index (κ2) is 37.8. The van der Waals surface area contributed by atoms with Crippen LogP contribution in [0.25, 0.3) is 0 Å². The fourth-order valence-corrected chi connectivity index (χ4v) is 6.53. The summed E-state index contributed by atoms with van der Waals surface area (Å²) in [5.41, 5.74) is 0. The summed E-state index contributed by atoms with van der Waals surface area (Å²) in [6.45, 7) is 6.40. The molecule has 0 fully saturated rings. The number of unbranched alkanes of at least 4 members (excludes halogenated alkanes) is 24. The number of rotatable bonds is 38. The number of amides is 1. The molecule has 0 saturated carbocycles. The van der Waals surface area contributed by atoms with E-state index in [9.17, 15) is 19.8 Å². The summed E-state index contributed by atoms with van der Waals surface area (Å²) < 4.78 is 5.86. The zero-order valence-corrected chi connectivity index (χ0v) is 32.8. The Kier molecular flexibility index (Phi) is 36.8. The molecule has 0 aromatic rings. The lowest BCUT2D eigenvalue weighted by Crippen LogP contribution is -2.46. The van der Waals surface area contributed by atoms with Crippen molar-refractivity contribution in [1.82, 2.24) is 5.32 Å². The number of carbonyl (C=O) groups is 2. The second-order valence-electron chi connectivity index (χ2n) is 14.7. The smallest absolute Gasteiger partial charge is 0.306 e. The number of ether oxygens (including phenoxy) is 1. The maximum atomic E-state index is 13.0. The third-order valence-corrected chi connectivity index (χ3v) is 9.84. The molecule has 290 valence electrons. The van der Waals surface area contributed by atoms with E-state index in [-0.39, 0.29) is 24.9 Å². The third-order valence-electron chi connectivity index (χ3n) is 9.84. The van der Waals surface area contributed by atoms with Crippen LogP contribution < -0.4 is 5.32 Å². The van der Waals surface area contributed by atoms with Gasteiger partial charge in [-0.2, -0.15) is 0 Å². The van der Waals surface area contributed by atoms with E-state index in [4.69, 9.17) is 4.74 Å². The number of nitrogens with one attached hydrogen (secondary N) is 1. The molecule has 3 N–H and O–H groups in total. The minimum absolute atomic E-state index is 0.0718. The summed E-state index contributed by atoms with van der Waals surface area (Å²) in [6, 6.07) is -0.696. The first-order valence-electron chi connectivity index (χ1n) is 21.4. The van der Waals surface area contributed by atoms with Crippen LogP contribution in [-0.2, 0) is 14.3 Å². The highest BCUT2D eigenvalue weighted by Crippen LogP contribution is 2.17. The van der Waals surface area contributed by atoms with Crippen molar-refractivity contribution in [2.24, 2.45) is 0 Å². The van der Waals surface area contributed by atoms with E-state index in [1.807, 2.05) is 0 Å². The largest absolute Gasteiger partial charge is 0.462 e. The standard InChI is InChI=1S/C43H83NO5/c1-4-7-10-13-16-19-21-23-26-29-32-35-41(46)40(38-45)44-42(47)37-39(34-31-28-25-22-18-15-12-9-6-3)49-43(48)36-33-30-27-24-20-17-14-11-8-5-2/h15,18,39-41,45-46H,4-14,16-17,19-38H2,1-3H3,(H,44,47)/b18-15-. The summed E-state index contributed by atoms with van der Waals surface area (Å²) in [5, 5.41) is 23.5. The van der Waals surface area contributed by atoms with Crippen LogP contribution in [0.2, 0.25) is 0 Å². The number of carbonyl (C=O) groups excluding carboxylic acids is 2. The van der Waals surface area contributed by atoms with Gasteiger partial charge in [-0.3, -0.25) is 9.59 Å².